The molecule has 2 N–H and O–H groups in total. The Bertz CT molecular complexity index is 1050. The van der Waals surface area contributed by atoms with Crippen LogP contribution < -0.4 is 5.73 Å². The number of nitrogens with two attached hydrogens (primary N) is 1. The topological polar surface area (TPSA) is 73.1 Å². The van der Waals surface area contributed by atoms with Crippen molar-refractivity contribution in [2.45, 2.75) is 5.92 Å². The van der Waals surface area contributed by atoms with Crippen LogP contribution in [0.15, 0.2) is 54.7 Å². The third-order valence-corrected chi connectivity index (χ3v) is 4.75. The number of pyridine rings is 1. The molecule has 28 heavy (non-hydrogen) atoms. The van der Waals surface area contributed by atoms with Crippen molar-refractivity contribution in [3.63, 3.8) is 0 Å². The molecule has 0 saturated carbocycles. The van der Waals surface area contributed by atoms with E-state index in [-0.39, 0.29) is 26.9 Å². The number of benzene rings is 2. The van der Waals surface area contributed by atoms with Gasteiger partial charge >= 0.3 is 0 Å². The molecule has 142 valence electrons. The highest BCUT2D eigenvalue weighted by Gasteiger charge is 2.27. The third kappa shape index (κ3) is 3.88. The second-order valence-electron chi connectivity index (χ2n) is 5.90. The average Bonchev–Trinajstić information content (AvgIpc) is 2.64. The maximum Gasteiger partial charge on any atom is 0.231 e. The molecular weight excluding hydrogens is 409 g/mol. The Kier molecular flexibility index (Phi) is 5.72. The van der Waals surface area contributed by atoms with Crippen LogP contribution in [-0.2, 0) is 4.79 Å². The van der Waals surface area contributed by atoms with Gasteiger partial charge in [-0.15, -0.1) is 0 Å². The van der Waals surface area contributed by atoms with Gasteiger partial charge in [-0.05, 0) is 36.4 Å². The van der Waals surface area contributed by atoms with Gasteiger partial charge in [0.2, 0.25) is 5.91 Å². The van der Waals surface area contributed by atoms with Crippen LogP contribution in [0.4, 0.5) is 8.78 Å². The van der Waals surface area contributed by atoms with E-state index in [2.05, 4.69) is 4.98 Å². The van der Waals surface area contributed by atoms with Gasteiger partial charge in [0.05, 0.1) is 11.3 Å². The summed E-state index contributed by atoms with van der Waals surface area (Å²) < 4.78 is 26.9. The van der Waals surface area contributed by atoms with Gasteiger partial charge < -0.3 is 5.73 Å². The molecule has 2 aromatic carbocycles. The van der Waals surface area contributed by atoms with Gasteiger partial charge in [-0.2, -0.15) is 0 Å². The van der Waals surface area contributed by atoms with Gasteiger partial charge in [-0.3, -0.25) is 14.6 Å². The molecule has 0 aliphatic rings. The van der Waals surface area contributed by atoms with Crippen LogP contribution in [0, 0.1) is 11.6 Å². The number of nitrogens with zero attached hydrogens (tertiary/aromatic N) is 1. The predicted octanol–water partition coefficient (Wildman–Crippen LogP) is 4.51. The molecule has 4 nitrogen and oxygen atoms in total. The Labute approximate surface area is 168 Å². The Balaban J connectivity index is 1.98. The monoisotopic (exact) mass is 420 g/mol. The molecular formula is C20H12Cl2F2N2O2. The first-order chi connectivity index (χ1) is 13.3. The fraction of sp³-hybridized carbons (Fsp3) is 0.0500. The van der Waals surface area contributed by atoms with Crippen molar-refractivity contribution in [1.82, 2.24) is 4.98 Å². The first kappa shape index (κ1) is 19.9. The molecule has 1 heterocycles. The van der Waals surface area contributed by atoms with Gasteiger partial charge in [0.25, 0.3) is 0 Å². The first-order valence-corrected chi connectivity index (χ1v) is 8.74. The summed E-state index contributed by atoms with van der Waals surface area (Å²) in [6.07, 6.45) is 1.18. The number of carbonyl (C=O) groups is 2. The van der Waals surface area contributed by atoms with E-state index in [1.165, 1.54) is 18.3 Å². The van der Waals surface area contributed by atoms with Gasteiger partial charge in [-0.25, -0.2) is 8.78 Å². The Morgan fingerprint density at radius 1 is 1.00 bits per heavy atom. The van der Waals surface area contributed by atoms with Crippen LogP contribution in [0.25, 0.3) is 0 Å². The molecule has 8 heteroatoms. The summed E-state index contributed by atoms with van der Waals surface area (Å²) in [4.78, 5) is 28.6. The van der Waals surface area contributed by atoms with Gasteiger partial charge in [-0.1, -0.05) is 29.3 Å². The number of amides is 1. The van der Waals surface area contributed by atoms with Crippen LogP contribution in [0.3, 0.4) is 0 Å². The van der Waals surface area contributed by atoms with Crippen LogP contribution in [0.5, 0.6) is 0 Å². The van der Waals surface area contributed by atoms with Gasteiger partial charge in [0.15, 0.2) is 5.78 Å². The third-order valence-electron chi connectivity index (χ3n) is 4.09. The minimum atomic E-state index is -1.03. The standard InChI is InChI=1S/C20H12Cl2F2N2O2/c21-13-2-1-3-14(22)17(13)18(20(25)28)16-7-4-10(9-26-16)19(27)12-6-5-11(23)8-15(12)24/h1-9,18H,(H2,25,28). The average molecular weight is 421 g/mol. The summed E-state index contributed by atoms with van der Waals surface area (Å²) in [6, 6.07) is 10.2. The zero-order valence-corrected chi connectivity index (χ0v) is 15.6. The fourth-order valence-electron chi connectivity index (χ4n) is 2.76. The number of rotatable bonds is 5. The second-order valence-corrected chi connectivity index (χ2v) is 6.71. The number of halogens is 4. The van der Waals surface area contributed by atoms with Crippen molar-refractivity contribution < 1.29 is 18.4 Å². The lowest BCUT2D eigenvalue weighted by molar-refractivity contribution is -0.118. The highest BCUT2D eigenvalue weighted by Crippen LogP contribution is 2.35. The normalized spacial score (nSPS) is 11.9. The molecule has 0 aliphatic heterocycles. The van der Waals surface area contributed by atoms with Crippen LogP contribution >= 0.6 is 23.2 Å². The zero-order chi connectivity index (χ0) is 20.4. The largest absolute Gasteiger partial charge is 0.369 e. The molecule has 1 aromatic heterocycles. The smallest absolute Gasteiger partial charge is 0.231 e. The van der Waals surface area contributed by atoms with Crippen LogP contribution in [-0.4, -0.2) is 16.7 Å². The Morgan fingerprint density at radius 3 is 2.21 bits per heavy atom. The van der Waals surface area contributed by atoms with Crippen molar-refractivity contribution in [3.8, 4) is 0 Å². The molecule has 0 radical (unpaired) electrons. The highest BCUT2D eigenvalue weighted by molar-refractivity contribution is 6.36. The fourth-order valence-corrected chi connectivity index (χ4v) is 3.38. The molecule has 1 atom stereocenters. The molecule has 3 aromatic rings. The first-order valence-electron chi connectivity index (χ1n) is 7.98. The summed E-state index contributed by atoms with van der Waals surface area (Å²) in [5, 5.41) is 0.485. The zero-order valence-electron chi connectivity index (χ0n) is 14.1. The summed E-state index contributed by atoms with van der Waals surface area (Å²) in [7, 11) is 0. The molecule has 1 unspecified atom stereocenters. The van der Waals surface area contributed by atoms with E-state index in [4.69, 9.17) is 28.9 Å². The van der Waals surface area contributed by atoms with E-state index in [0.29, 0.717) is 11.6 Å². The molecule has 0 saturated heterocycles. The predicted molar refractivity (Wildman–Crippen MR) is 102 cm³/mol. The van der Waals surface area contributed by atoms with Crippen LogP contribution in [0.1, 0.15) is 33.1 Å². The molecule has 3 rings (SSSR count). The Hall–Kier alpha value is -2.83. The second kappa shape index (κ2) is 8.04. The Morgan fingerprint density at radius 2 is 1.68 bits per heavy atom. The summed E-state index contributed by atoms with van der Waals surface area (Å²) in [6.45, 7) is 0. The van der Waals surface area contributed by atoms with Crippen molar-refractivity contribution in [1.29, 1.82) is 0 Å². The minimum Gasteiger partial charge on any atom is -0.369 e. The van der Waals surface area contributed by atoms with E-state index in [0.717, 1.165) is 12.1 Å². The SMILES string of the molecule is NC(=O)C(c1ccc(C(=O)c2ccc(F)cc2F)cn1)c1c(Cl)cccc1Cl. The minimum absolute atomic E-state index is 0.0581. The van der Waals surface area contributed by atoms with Gasteiger partial charge in [0.1, 0.15) is 17.6 Å². The molecule has 0 bridgehead atoms. The van der Waals surface area contributed by atoms with E-state index >= 15 is 0 Å². The lowest BCUT2D eigenvalue weighted by Gasteiger charge is -2.16. The van der Waals surface area contributed by atoms with Crippen LogP contribution in [0.2, 0.25) is 10.0 Å². The number of primary amides is 1. The number of carbonyl (C=O) groups excluding carboxylic acids is 2. The molecule has 0 fully saturated rings. The number of hydrogen-bond acceptors (Lipinski definition) is 3. The number of aromatic nitrogens is 1. The van der Waals surface area contributed by atoms with E-state index in [1.807, 2.05) is 0 Å². The van der Waals surface area contributed by atoms with Crippen molar-refractivity contribution in [3.05, 3.63) is 98.8 Å². The maximum atomic E-state index is 13.8. The quantitative estimate of drug-likeness (QED) is 0.616. The summed E-state index contributed by atoms with van der Waals surface area (Å²) in [5.41, 5.74) is 5.80. The van der Waals surface area contributed by atoms with Crippen molar-refractivity contribution in [2.24, 2.45) is 5.73 Å². The van der Waals surface area contributed by atoms with E-state index < -0.39 is 29.2 Å². The maximum absolute atomic E-state index is 13.8. The van der Waals surface area contributed by atoms with E-state index in [9.17, 15) is 18.4 Å². The molecule has 0 aliphatic carbocycles. The van der Waals surface area contributed by atoms with Gasteiger partial charge in [0, 0.05) is 33.4 Å². The highest BCUT2D eigenvalue weighted by atomic mass is 35.5. The number of ketones is 1. The lowest BCUT2D eigenvalue weighted by Crippen LogP contribution is -2.24. The summed E-state index contributed by atoms with van der Waals surface area (Å²) in [5.74, 6) is -4.21. The number of hydrogen-bond donors (Lipinski definition) is 1. The molecule has 1 amide bonds. The lowest BCUT2D eigenvalue weighted by atomic mass is 9.93. The van der Waals surface area contributed by atoms with Crippen molar-refractivity contribution >= 4 is 34.9 Å². The van der Waals surface area contributed by atoms with Crippen molar-refractivity contribution in [2.75, 3.05) is 0 Å². The van der Waals surface area contributed by atoms with E-state index in [1.54, 1.807) is 18.2 Å². The molecule has 0 spiro atoms. The summed E-state index contributed by atoms with van der Waals surface area (Å²) >= 11 is 12.3.